The van der Waals surface area contributed by atoms with Crippen LogP contribution in [0.15, 0.2) is 24.3 Å². The fraction of sp³-hybridized carbons (Fsp3) is 0.571. The number of aliphatic hydroxyl groups excluding tert-OH is 1. The zero-order valence-electron chi connectivity index (χ0n) is 10.0. The molecule has 84 valence electrons. The molecule has 1 N–H and O–H groups in total. The number of aliphatic hydroxyl groups is 1. The van der Waals surface area contributed by atoms with E-state index in [0.717, 1.165) is 18.4 Å². The fourth-order valence-corrected chi connectivity index (χ4v) is 1.78. The molecule has 0 aromatic heterocycles. The zero-order chi connectivity index (χ0) is 11.3. The molecule has 1 nitrogen and oxygen atoms in total. The summed E-state index contributed by atoms with van der Waals surface area (Å²) in [5.41, 5.74) is 2.40. The SMILES string of the molecule is CCCc1ccc(C(O)CC(C)C)cc1. The standard InChI is InChI=1S/C14H22O/c1-4-5-12-6-8-13(9-7-12)14(15)10-11(2)3/h6-9,11,14-15H,4-5,10H2,1-3H3. The quantitative estimate of drug-likeness (QED) is 0.778. The molecule has 1 atom stereocenters. The summed E-state index contributed by atoms with van der Waals surface area (Å²) in [4.78, 5) is 0. The third-order valence-electron chi connectivity index (χ3n) is 2.60. The minimum absolute atomic E-state index is 0.305. The molecule has 1 heteroatoms. The Hall–Kier alpha value is -0.820. The van der Waals surface area contributed by atoms with Crippen molar-refractivity contribution in [2.45, 2.75) is 46.1 Å². The van der Waals surface area contributed by atoms with Crippen LogP contribution >= 0.6 is 0 Å². The maximum absolute atomic E-state index is 9.91. The van der Waals surface area contributed by atoms with Crippen molar-refractivity contribution >= 4 is 0 Å². The first kappa shape index (κ1) is 12.3. The predicted octanol–water partition coefficient (Wildman–Crippen LogP) is 3.72. The van der Waals surface area contributed by atoms with Crippen LogP contribution in [0.3, 0.4) is 0 Å². The van der Waals surface area contributed by atoms with Gasteiger partial charge in [0.25, 0.3) is 0 Å². The van der Waals surface area contributed by atoms with E-state index in [1.807, 2.05) is 0 Å². The maximum Gasteiger partial charge on any atom is 0.0792 e. The summed E-state index contributed by atoms with van der Waals surface area (Å²) in [5.74, 6) is 0.537. The third kappa shape index (κ3) is 4.05. The summed E-state index contributed by atoms with van der Waals surface area (Å²) in [6.07, 6.45) is 2.84. The molecule has 0 aliphatic rings. The predicted molar refractivity (Wildman–Crippen MR) is 64.9 cm³/mol. The third-order valence-corrected chi connectivity index (χ3v) is 2.60. The number of hydrogen-bond donors (Lipinski definition) is 1. The molecular formula is C14H22O. The Morgan fingerprint density at radius 2 is 1.73 bits per heavy atom. The monoisotopic (exact) mass is 206 g/mol. The van der Waals surface area contributed by atoms with Crippen molar-refractivity contribution in [2.75, 3.05) is 0 Å². The van der Waals surface area contributed by atoms with E-state index >= 15 is 0 Å². The highest BCUT2D eigenvalue weighted by atomic mass is 16.3. The van der Waals surface area contributed by atoms with E-state index in [-0.39, 0.29) is 6.10 Å². The topological polar surface area (TPSA) is 20.2 Å². The van der Waals surface area contributed by atoms with E-state index in [0.29, 0.717) is 5.92 Å². The smallest absolute Gasteiger partial charge is 0.0792 e. The van der Waals surface area contributed by atoms with Gasteiger partial charge < -0.3 is 5.11 Å². The molecule has 1 unspecified atom stereocenters. The average molecular weight is 206 g/mol. The summed E-state index contributed by atoms with van der Waals surface area (Å²) in [6.45, 7) is 6.45. The zero-order valence-corrected chi connectivity index (χ0v) is 10.0. The Kier molecular flexibility index (Phi) is 4.83. The summed E-state index contributed by atoms with van der Waals surface area (Å²) in [5, 5.41) is 9.91. The van der Waals surface area contributed by atoms with Crippen molar-refractivity contribution < 1.29 is 5.11 Å². The second-order valence-corrected chi connectivity index (χ2v) is 4.64. The van der Waals surface area contributed by atoms with Gasteiger partial charge >= 0.3 is 0 Å². The van der Waals surface area contributed by atoms with Crippen LogP contribution in [0.1, 0.15) is 50.8 Å². The summed E-state index contributed by atoms with van der Waals surface area (Å²) in [7, 11) is 0. The van der Waals surface area contributed by atoms with Crippen molar-refractivity contribution in [1.82, 2.24) is 0 Å². The molecular weight excluding hydrogens is 184 g/mol. The Balaban J connectivity index is 2.62. The maximum atomic E-state index is 9.91. The lowest BCUT2D eigenvalue weighted by Crippen LogP contribution is -2.01. The van der Waals surface area contributed by atoms with Gasteiger partial charge in [0.15, 0.2) is 0 Å². The minimum Gasteiger partial charge on any atom is -0.388 e. The lowest BCUT2D eigenvalue weighted by atomic mass is 9.98. The van der Waals surface area contributed by atoms with E-state index in [2.05, 4.69) is 45.0 Å². The Morgan fingerprint density at radius 1 is 1.13 bits per heavy atom. The number of rotatable bonds is 5. The largest absolute Gasteiger partial charge is 0.388 e. The summed E-state index contributed by atoms with van der Waals surface area (Å²) >= 11 is 0. The lowest BCUT2D eigenvalue weighted by Gasteiger charge is -2.13. The van der Waals surface area contributed by atoms with Gasteiger partial charge in [-0.3, -0.25) is 0 Å². The first-order chi connectivity index (χ1) is 7.13. The highest BCUT2D eigenvalue weighted by Gasteiger charge is 2.08. The van der Waals surface area contributed by atoms with Crippen LogP contribution in [0.25, 0.3) is 0 Å². The number of benzene rings is 1. The van der Waals surface area contributed by atoms with Gasteiger partial charge in [-0.15, -0.1) is 0 Å². The Morgan fingerprint density at radius 3 is 2.20 bits per heavy atom. The first-order valence-corrected chi connectivity index (χ1v) is 5.90. The fourth-order valence-electron chi connectivity index (χ4n) is 1.78. The van der Waals surface area contributed by atoms with Crippen LogP contribution < -0.4 is 0 Å². The molecule has 0 saturated carbocycles. The van der Waals surface area contributed by atoms with Gasteiger partial charge in [-0.05, 0) is 29.9 Å². The summed E-state index contributed by atoms with van der Waals surface area (Å²) < 4.78 is 0. The van der Waals surface area contributed by atoms with Crippen LogP contribution in [0, 0.1) is 5.92 Å². The number of hydrogen-bond acceptors (Lipinski definition) is 1. The van der Waals surface area contributed by atoms with E-state index in [1.54, 1.807) is 0 Å². The van der Waals surface area contributed by atoms with Crippen molar-refractivity contribution in [3.8, 4) is 0 Å². The van der Waals surface area contributed by atoms with Gasteiger partial charge in [0, 0.05) is 0 Å². The second-order valence-electron chi connectivity index (χ2n) is 4.64. The molecule has 0 fully saturated rings. The highest BCUT2D eigenvalue weighted by Crippen LogP contribution is 2.21. The second kappa shape index (κ2) is 5.92. The molecule has 0 aliphatic carbocycles. The van der Waals surface area contributed by atoms with E-state index in [9.17, 15) is 5.11 Å². The molecule has 0 aliphatic heterocycles. The van der Waals surface area contributed by atoms with Crippen LogP contribution in [0.4, 0.5) is 0 Å². The van der Waals surface area contributed by atoms with Crippen LogP contribution in [-0.2, 0) is 6.42 Å². The Labute approximate surface area is 93.1 Å². The van der Waals surface area contributed by atoms with Gasteiger partial charge in [-0.2, -0.15) is 0 Å². The van der Waals surface area contributed by atoms with Crippen molar-refractivity contribution in [3.63, 3.8) is 0 Å². The van der Waals surface area contributed by atoms with E-state index in [4.69, 9.17) is 0 Å². The number of aryl methyl sites for hydroxylation is 1. The normalized spacial score (nSPS) is 13.1. The molecule has 1 aromatic rings. The molecule has 1 rings (SSSR count). The van der Waals surface area contributed by atoms with E-state index in [1.165, 1.54) is 12.0 Å². The van der Waals surface area contributed by atoms with Gasteiger partial charge in [0.2, 0.25) is 0 Å². The lowest BCUT2D eigenvalue weighted by molar-refractivity contribution is 0.151. The van der Waals surface area contributed by atoms with Crippen molar-refractivity contribution in [1.29, 1.82) is 0 Å². The van der Waals surface area contributed by atoms with Crippen LogP contribution in [0.5, 0.6) is 0 Å². The van der Waals surface area contributed by atoms with Gasteiger partial charge in [-0.25, -0.2) is 0 Å². The minimum atomic E-state index is -0.305. The molecule has 0 saturated heterocycles. The molecule has 0 heterocycles. The molecule has 0 radical (unpaired) electrons. The Bertz CT molecular complexity index is 274. The molecule has 0 bridgehead atoms. The highest BCUT2D eigenvalue weighted by molar-refractivity contribution is 5.24. The molecule has 15 heavy (non-hydrogen) atoms. The molecule has 1 aromatic carbocycles. The van der Waals surface area contributed by atoms with Gasteiger partial charge in [0.1, 0.15) is 0 Å². The van der Waals surface area contributed by atoms with Crippen molar-refractivity contribution in [3.05, 3.63) is 35.4 Å². The molecule has 0 spiro atoms. The van der Waals surface area contributed by atoms with E-state index < -0.39 is 0 Å². The van der Waals surface area contributed by atoms with Gasteiger partial charge in [0.05, 0.1) is 6.10 Å². The van der Waals surface area contributed by atoms with Crippen LogP contribution in [0.2, 0.25) is 0 Å². The van der Waals surface area contributed by atoms with Crippen molar-refractivity contribution in [2.24, 2.45) is 5.92 Å². The first-order valence-electron chi connectivity index (χ1n) is 5.90. The van der Waals surface area contributed by atoms with Gasteiger partial charge in [-0.1, -0.05) is 51.5 Å². The summed E-state index contributed by atoms with van der Waals surface area (Å²) in [6, 6.07) is 8.36. The molecule has 0 amide bonds. The van der Waals surface area contributed by atoms with Crippen LogP contribution in [-0.4, -0.2) is 5.11 Å². The average Bonchev–Trinajstić information content (AvgIpc) is 2.18.